The van der Waals surface area contributed by atoms with Crippen LogP contribution in [0.25, 0.3) is 10.8 Å². The molecule has 2 aromatic rings. The third-order valence-electron chi connectivity index (χ3n) is 5.24. The summed E-state index contributed by atoms with van der Waals surface area (Å²) in [6.07, 6.45) is 2.48. The lowest BCUT2D eigenvalue weighted by atomic mass is 9.70. The predicted octanol–water partition coefficient (Wildman–Crippen LogP) is 5.23. The molecule has 0 saturated carbocycles. The van der Waals surface area contributed by atoms with Crippen LogP contribution >= 0.6 is 0 Å². The normalized spacial score (nSPS) is 17.8. The second-order valence-corrected chi connectivity index (χ2v) is 7.67. The maximum Gasteiger partial charge on any atom is 0.133 e. The second kappa shape index (κ2) is 5.50. The molecule has 0 saturated heterocycles. The van der Waals surface area contributed by atoms with Crippen LogP contribution in [0.3, 0.4) is 0 Å². The van der Waals surface area contributed by atoms with Crippen LogP contribution in [0.15, 0.2) is 58.8 Å². The van der Waals surface area contributed by atoms with Crippen LogP contribution in [-0.2, 0) is 6.42 Å². The number of hydrogen-bond acceptors (Lipinski definition) is 3. The van der Waals surface area contributed by atoms with Gasteiger partial charge in [-0.15, -0.1) is 0 Å². The van der Waals surface area contributed by atoms with Gasteiger partial charge in [0.1, 0.15) is 17.7 Å². The van der Waals surface area contributed by atoms with E-state index in [-0.39, 0.29) is 11.0 Å². The van der Waals surface area contributed by atoms with Crippen molar-refractivity contribution in [2.24, 2.45) is 5.41 Å². The van der Waals surface area contributed by atoms with Crippen LogP contribution in [0.2, 0.25) is 0 Å². The van der Waals surface area contributed by atoms with Crippen molar-refractivity contribution >= 4 is 16.5 Å². The van der Waals surface area contributed by atoms with Crippen molar-refractivity contribution in [1.29, 1.82) is 10.5 Å². The molecule has 0 fully saturated rings. The molecule has 1 aliphatic carbocycles. The van der Waals surface area contributed by atoms with Gasteiger partial charge in [0, 0.05) is 17.8 Å². The van der Waals surface area contributed by atoms with Crippen LogP contribution in [-0.4, -0.2) is 0 Å². The highest BCUT2D eigenvalue weighted by Crippen LogP contribution is 2.47. The van der Waals surface area contributed by atoms with Crippen molar-refractivity contribution in [1.82, 2.24) is 0 Å². The van der Waals surface area contributed by atoms with Gasteiger partial charge in [-0.3, -0.25) is 0 Å². The summed E-state index contributed by atoms with van der Waals surface area (Å²) < 4.78 is 0. The van der Waals surface area contributed by atoms with E-state index < -0.39 is 0 Å². The Bertz CT molecular complexity index is 1020. The van der Waals surface area contributed by atoms with Gasteiger partial charge in [0.2, 0.25) is 0 Å². The van der Waals surface area contributed by atoms with Gasteiger partial charge in [0.05, 0.1) is 0 Å². The number of rotatable bonds is 0. The smallest absolute Gasteiger partial charge is 0.133 e. The number of anilines is 1. The SMILES string of the molecule is CC1(C)CC2=C(Cc3c(ccc4ccccc34)N2)C(=C(C#N)C#N)C1. The van der Waals surface area contributed by atoms with Gasteiger partial charge in [0.15, 0.2) is 0 Å². The van der Waals surface area contributed by atoms with E-state index in [1.807, 2.05) is 6.07 Å². The minimum Gasteiger partial charge on any atom is -0.358 e. The monoisotopic (exact) mass is 325 g/mol. The Morgan fingerprint density at radius 2 is 1.80 bits per heavy atom. The van der Waals surface area contributed by atoms with Crippen molar-refractivity contribution in [2.75, 3.05) is 5.32 Å². The zero-order chi connectivity index (χ0) is 17.6. The number of fused-ring (bicyclic) bond motifs is 3. The lowest BCUT2D eigenvalue weighted by molar-refractivity contribution is 0.346. The Hall–Kier alpha value is -3.04. The van der Waals surface area contributed by atoms with Crippen LogP contribution in [0, 0.1) is 28.1 Å². The topological polar surface area (TPSA) is 59.6 Å². The van der Waals surface area contributed by atoms with Gasteiger partial charge in [-0.1, -0.05) is 44.2 Å². The minimum absolute atomic E-state index is 0.0362. The Kier molecular flexibility index (Phi) is 3.41. The van der Waals surface area contributed by atoms with E-state index in [1.54, 1.807) is 0 Å². The molecule has 0 radical (unpaired) electrons. The molecule has 0 atom stereocenters. The molecular formula is C22H19N3. The van der Waals surface area contributed by atoms with Crippen LogP contribution < -0.4 is 5.32 Å². The van der Waals surface area contributed by atoms with E-state index in [0.717, 1.165) is 41.8 Å². The minimum atomic E-state index is 0.0362. The lowest BCUT2D eigenvalue weighted by Gasteiger charge is -2.38. The van der Waals surface area contributed by atoms with Crippen LogP contribution in [0.1, 0.15) is 32.3 Å². The summed E-state index contributed by atoms with van der Waals surface area (Å²) in [4.78, 5) is 0. The second-order valence-electron chi connectivity index (χ2n) is 7.67. The predicted molar refractivity (Wildman–Crippen MR) is 99.6 cm³/mol. The van der Waals surface area contributed by atoms with Crippen molar-refractivity contribution < 1.29 is 0 Å². The quantitative estimate of drug-likeness (QED) is 0.675. The van der Waals surface area contributed by atoms with Gasteiger partial charge in [0.25, 0.3) is 0 Å². The number of hydrogen-bond donors (Lipinski definition) is 1. The van der Waals surface area contributed by atoms with Crippen LogP contribution in [0.4, 0.5) is 5.69 Å². The zero-order valence-corrected chi connectivity index (χ0v) is 14.5. The van der Waals surface area contributed by atoms with Gasteiger partial charge < -0.3 is 5.32 Å². The molecule has 0 bridgehead atoms. The molecule has 1 aliphatic heterocycles. The number of allylic oxidation sites excluding steroid dienone is 4. The van der Waals surface area contributed by atoms with Crippen molar-refractivity contribution in [2.45, 2.75) is 33.1 Å². The first-order valence-corrected chi connectivity index (χ1v) is 8.56. The van der Waals surface area contributed by atoms with Gasteiger partial charge in [-0.2, -0.15) is 10.5 Å². The van der Waals surface area contributed by atoms with E-state index in [0.29, 0.717) is 0 Å². The first-order valence-electron chi connectivity index (χ1n) is 8.56. The maximum atomic E-state index is 9.43. The van der Waals surface area contributed by atoms with Crippen molar-refractivity contribution in [3.63, 3.8) is 0 Å². The standard InChI is InChI=1S/C22H19N3/c1-22(2)10-19(15(12-23)13-24)18-9-17-16-6-4-3-5-14(16)7-8-20(17)25-21(18)11-22/h3-8,25H,9-11H2,1-2H3. The molecule has 0 spiro atoms. The fourth-order valence-corrected chi connectivity index (χ4v) is 4.13. The highest BCUT2D eigenvalue weighted by Gasteiger charge is 2.35. The Morgan fingerprint density at radius 1 is 1.04 bits per heavy atom. The summed E-state index contributed by atoms with van der Waals surface area (Å²) in [5.74, 6) is 0. The average Bonchev–Trinajstić information content (AvgIpc) is 2.60. The fraction of sp³-hybridized carbons (Fsp3) is 0.273. The first kappa shape index (κ1) is 15.5. The Morgan fingerprint density at radius 3 is 2.56 bits per heavy atom. The molecule has 4 rings (SSSR count). The van der Waals surface area contributed by atoms with Crippen molar-refractivity contribution in [3.8, 4) is 12.1 Å². The number of nitrogens with zero attached hydrogens (tertiary/aromatic N) is 2. The summed E-state index contributed by atoms with van der Waals surface area (Å²) in [5, 5.41) is 24.9. The largest absolute Gasteiger partial charge is 0.358 e. The van der Waals surface area contributed by atoms with E-state index in [2.05, 4.69) is 61.6 Å². The third-order valence-corrected chi connectivity index (χ3v) is 5.24. The summed E-state index contributed by atoms with van der Waals surface area (Å²) in [5.41, 5.74) is 5.91. The number of nitrogens with one attached hydrogen (secondary N) is 1. The van der Waals surface area contributed by atoms with E-state index in [9.17, 15) is 10.5 Å². The molecule has 0 unspecified atom stereocenters. The molecular weight excluding hydrogens is 306 g/mol. The van der Waals surface area contributed by atoms with Gasteiger partial charge >= 0.3 is 0 Å². The molecule has 0 amide bonds. The van der Waals surface area contributed by atoms with E-state index in [4.69, 9.17) is 0 Å². The highest BCUT2D eigenvalue weighted by molar-refractivity contribution is 5.92. The van der Waals surface area contributed by atoms with Gasteiger partial charge in [-0.05, 0) is 51.8 Å². The molecule has 122 valence electrons. The van der Waals surface area contributed by atoms with Crippen molar-refractivity contribution in [3.05, 3.63) is 64.4 Å². The van der Waals surface area contributed by atoms with Crippen LogP contribution in [0.5, 0.6) is 0 Å². The number of benzene rings is 2. The molecule has 25 heavy (non-hydrogen) atoms. The molecule has 1 heterocycles. The Labute approximate surface area is 147 Å². The average molecular weight is 325 g/mol. The van der Waals surface area contributed by atoms with E-state index in [1.165, 1.54) is 16.3 Å². The maximum absolute atomic E-state index is 9.43. The molecule has 3 heteroatoms. The molecule has 2 aliphatic rings. The summed E-state index contributed by atoms with van der Waals surface area (Å²) in [6.45, 7) is 4.39. The third kappa shape index (κ3) is 2.49. The Balaban J connectivity index is 1.92. The molecule has 3 nitrogen and oxygen atoms in total. The fourth-order valence-electron chi connectivity index (χ4n) is 4.13. The molecule has 1 N–H and O–H groups in total. The van der Waals surface area contributed by atoms with E-state index >= 15 is 0 Å². The first-order chi connectivity index (χ1) is 12.0. The number of nitriles is 2. The highest BCUT2D eigenvalue weighted by atomic mass is 14.9. The summed E-state index contributed by atoms with van der Waals surface area (Å²) >= 11 is 0. The zero-order valence-electron chi connectivity index (χ0n) is 14.5. The van der Waals surface area contributed by atoms with Gasteiger partial charge in [-0.25, -0.2) is 0 Å². The molecule has 2 aromatic carbocycles. The summed E-state index contributed by atoms with van der Waals surface area (Å²) in [6, 6.07) is 16.9. The molecule has 0 aromatic heterocycles. The summed E-state index contributed by atoms with van der Waals surface area (Å²) in [7, 11) is 0. The lowest BCUT2D eigenvalue weighted by Crippen LogP contribution is -2.27.